The molecule has 0 saturated carbocycles. The first-order chi connectivity index (χ1) is 14.2. The van der Waals surface area contributed by atoms with Gasteiger partial charge in [0.05, 0.1) is 12.5 Å². The third-order valence-corrected chi connectivity index (χ3v) is 5.63. The van der Waals surface area contributed by atoms with Crippen LogP contribution in [0.5, 0.6) is 0 Å². The van der Waals surface area contributed by atoms with Crippen LogP contribution in [0.2, 0.25) is 0 Å². The molecule has 6 heteroatoms. The third-order valence-electron chi connectivity index (χ3n) is 5.63. The predicted molar refractivity (Wildman–Crippen MR) is 110 cm³/mol. The lowest BCUT2D eigenvalue weighted by Gasteiger charge is -2.39. The molecular formula is C23H25N3O3. The maximum Gasteiger partial charge on any atom is 0.228 e. The molecule has 1 aliphatic heterocycles. The zero-order valence-corrected chi connectivity index (χ0v) is 16.5. The molecule has 2 aromatic carbocycles. The van der Waals surface area contributed by atoms with Crippen LogP contribution in [0.4, 0.5) is 0 Å². The second kappa shape index (κ2) is 8.47. The number of carbonyl (C=O) groups excluding carboxylic acids is 2. The van der Waals surface area contributed by atoms with Gasteiger partial charge in [-0.1, -0.05) is 54.5 Å². The van der Waals surface area contributed by atoms with Crippen molar-refractivity contribution in [3.63, 3.8) is 0 Å². The summed E-state index contributed by atoms with van der Waals surface area (Å²) in [5.74, 6) is 0.211. The van der Waals surface area contributed by atoms with Crippen molar-refractivity contribution in [2.45, 2.75) is 38.1 Å². The second-order valence-corrected chi connectivity index (χ2v) is 7.48. The summed E-state index contributed by atoms with van der Waals surface area (Å²) >= 11 is 0. The molecular weight excluding hydrogens is 366 g/mol. The Labute approximate surface area is 169 Å². The van der Waals surface area contributed by atoms with Gasteiger partial charge >= 0.3 is 0 Å². The molecule has 1 saturated heterocycles. The molecule has 1 N–H and O–H groups in total. The average Bonchev–Trinajstić information content (AvgIpc) is 3.17. The lowest BCUT2D eigenvalue weighted by molar-refractivity contribution is -0.133. The van der Waals surface area contributed by atoms with Crippen molar-refractivity contribution in [3.8, 4) is 0 Å². The van der Waals surface area contributed by atoms with Crippen LogP contribution in [-0.2, 0) is 16.0 Å². The van der Waals surface area contributed by atoms with Gasteiger partial charge in [0.2, 0.25) is 11.8 Å². The molecule has 2 heterocycles. The molecule has 0 spiro atoms. The van der Waals surface area contributed by atoms with Gasteiger partial charge in [-0.05, 0) is 24.1 Å². The zero-order valence-electron chi connectivity index (χ0n) is 16.5. The minimum atomic E-state index is -0.100. The largest absolute Gasteiger partial charge is 0.356 e. The summed E-state index contributed by atoms with van der Waals surface area (Å²) in [5.41, 5.74) is 2.54. The lowest BCUT2D eigenvalue weighted by atomic mass is 9.85. The summed E-state index contributed by atoms with van der Waals surface area (Å²) in [4.78, 5) is 26.9. The van der Waals surface area contributed by atoms with Crippen molar-refractivity contribution < 1.29 is 14.1 Å². The highest BCUT2D eigenvalue weighted by atomic mass is 16.5. The molecule has 2 amide bonds. The molecule has 0 radical (unpaired) electrons. The number of nitrogens with zero attached hydrogens (tertiary/aromatic N) is 2. The standard InChI is InChI=1S/C23H25N3O3/c1-2-22(27)24-20-15-26(13-12-17(20)16-8-4-3-5-9-16)23(28)14-19-18-10-6-7-11-21(18)29-25-19/h3-11,17,20H,2,12-15H2,1H3,(H,24,27)/t17-,20-/m0/s1. The molecule has 29 heavy (non-hydrogen) atoms. The van der Waals surface area contributed by atoms with E-state index in [1.165, 1.54) is 5.56 Å². The molecule has 6 nitrogen and oxygen atoms in total. The molecule has 150 valence electrons. The molecule has 1 aliphatic rings. The maximum atomic E-state index is 13.0. The summed E-state index contributed by atoms with van der Waals surface area (Å²) in [6.45, 7) is 3.00. The number of nitrogens with one attached hydrogen (secondary N) is 1. The SMILES string of the molecule is CCC(=O)N[C@H]1CN(C(=O)Cc2noc3ccccc23)CC[C@H]1c1ccccc1. The van der Waals surface area contributed by atoms with E-state index < -0.39 is 0 Å². The van der Waals surface area contributed by atoms with Crippen molar-refractivity contribution in [1.29, 1.82) is 0 Å². The van der Waals surface area contributed by atoms with Crippen molar-refractivity contribution in [1.82, 2.24) is 15.4 Å². The van der Waals surface area contributed by atoms with Crippen LogP contribution in [0.1, 0.15) is 36.9 Å². The second-order valence-electron chi connectivity index (χ2n) is 7.48. The Kier molecular flexibility index (Phi) is 5.60. The highest BCUT2D eigenvalue weighted by Gasteiger charge is 2.33. The number of para-hydroxylation sites is 1. The fraction of sp³-hybridized carbons (Fsp3) is 0.348. The Morgan fingerprint density at radius 1 is 1.14 bits per heavy atom. The van der Waals surface area contributed by atoms with Gasteiger partial charge < -0.3 is 14.7 Å². The number of fused-ring (bicyclic) bond motifs is 1. The van der Waals surface area contributed by atoms with Gasteiger partial charge in [-0.15, -0.1) is 0 Å². The van der Waals surface area contributed by atoms with Crippen LogP contribution in [0.25, 0.3) is 11.0 Å². The Morgan fingerprint density at radius 3 is 2.69 bits per heavy atom. The van der Waals surface area contributed by atoms with E-state index in [2.05, 4.69) is 22.6 Å². The topological polar surface area (TPSA) is 75.4 Å². The van der Waals surface area contributed by atoms with E-state index in [1.54, 1.807) is 0 Å². The number of hydrogen-bond donors (Lipinski definition) is 1. The smallest absolute Gasteiger partial charge is 0.228 e. The van der Waals surface area contributed by atoms with Crippen molar-refractivity contribution in [2.24, 2.45) is 0 Å². The summed E-state index contributed by atoms with van der Waals surface area (Å²) in [5, 5.41) is 8.08. The van der Waals surface area contributed by atoms with Crippen LogP contribution in [0.3, 0.4) is 0 Å². The monoisotopic (exact) mass is 391 g/mol. The quantitative estimate of drug-likeness (QED) is 0.724. The van der Waals surface area contributed by atoms with Crippen molar-refractivity contribution in [3.05, 3.63) is 65.9 Å². The Balaban J connectivity index is 1.50. The number of likely N-dealkylation sites (tertiary alicyclic amines) is 1. The number of piperidine rings is 1. The Morgan fingerprint density at radius 2 is 1.90 bits per heavy atom. The first-order valence-electron chi connectivity index (χ1n) is 10.1. The Hall–Kier alpha value is -3.15. The van der Waals surface area contributed by atoms with Crippen LogP contribution in [-0.4, -0.2) is 41.0 Å². The number of amides is 2. The van der Waals surface area contributed by atoms with Crippen LogP contribution in [0, 0.1) is 0 Å². The molecule has 2 atom stereocenters. The summed E-state index contributed by atoms with van der Waals surface area (Å²) in [6, 6.07) is 17.7. The van der Waals surface area contributed by atoms with Crippen LogP contribution in [0.15, 0.2) is 59.1 Å². The fourth-order valence-corrected chi connectivity index (χ4v) is 4.05. The summed E-state index contributed by atoms with van der Waals surface area (Å²) in [6.07, 6.45) is 1.43. The molecule has 1 fully saturated rings. The third kappa shape index (κ3) is 4.16. The van der Waals surface area contributed by atoms with E-state index in [0.717, 1.165) is 11.8 Å². The van der Waals surface area contributed by atoms with Gasteiger partial charge in [-0.2, -0.15) is 0 Å². The number of benzene rings is 2. The molecule has 4 rings (SSSR count). The molecule has 1 aromatic heterocycles. The first kappa shape index (κ1) is 19.2. The van der Waals surface area contributed by atoms with E-state index in [4.69, 9.17) is 4.52 Å². The highest BCUT2D eigenvalue weighted by Crippen LogP contribution is 2.29. The number of aromatic nitrogens is 1. The van der Waals surface area contributed by atoms with Gasteiger partial charge in [0.1, 0.15) is 5.69 Å². The minimum absolute atomic E-state index is 0.00584. The molecule has 0 bridgehead atoms. The van der Waals surface area contributed by atoms with Gasteiger partial charge in [0.15, 0.2) is 5.58 Å². The van der Waals surface area contributed by atoms with Crippen LogP contribution >= 0.6 is 0 Å². The van der Waals surface area contributed by atoms with E-state index in [-0.39, 0.29) is 30.2 Å². The molecule has 3 aromatic rings. The average molecular weight is 391 g/mol. The molecule has 0 aliphatic carbocycles. The van der Waals surface area contributed by atoms with E-state index >= 15 is 0 Å². The van der Waals surface area contributed by atoms with Crippen LogP contribution < -0.4 is 5.32 Å². The highest BCUT2D eigenvalue weighted by molar-refractivity contribution is 5.86. The first-order valence-corrected chi connectivity index (χ1v) is 10.1. The van der Waals surface area contributed by atoms with Gasteiger partial charge in [-0.25, -0.2) is 0 Å². The van der Waals surface area contributed by atoms with E-state index in [1.807, 2.05) is 54.3 Å². The van der Waals surface area contributed by atoms with E-state index in [9.17, 15) is 9.59 Å². The maximum absolute atomic E-state index is 13.0. The summed E-state index contributed by atoms with van der Waals surface area (Å²) < 4.78 is 5.32. The summed E-state index contributed by atoms with van der Waals surface area (Å²) in [7, 11) is 0. The predicted octanol–water partition coefficient (Wildman–Crippen LogP) is 3.28. The number of hydrogen-bond acceptors (Lipinski definition) is 4. The normalized spacial score (nSPS) is 19.3. The van der Waals surface area contributed by atoms with Gasteiger partial charge in [-0.3, -0.25) is 9.59 Å². The van der Waals surface area contributed by atoms with Gasteiger partial charge in [0.25, 0.3) is 0 Å². The fourth-order valence-electron chi connectivity index (χ4n) is 4.05. The molecule has 0 unspecified atom stereocenters. The van der Waals surface area contributed by atoms with E-state index in [0.29, 0.717) is 30.8 Å². The van der Waals surface area contributed by atoms with Crippen molar-refractivity contribution in [2.75, 3.05) is 13.1 Å². The minimum Gasteiger partial charge on any atom is -0.356 e. The lowest BCUT2D eigenvalue weighted by Crippen LogP contribution is -2.53. The number of rotatable bonds is 5. The zero-order chi connectivity index (χ0) is 20.2. The number of carbonyl (C=O) groups is 2. The van der Waals surface area contributed by atoms with Crippen molar-refractivity contribution >= 4 is 22.8 Å². The Bertz CT molecular complexity index is 999. The van der Waals surface area contributed by atoms with Gasteiger partial charge in [0, 0.05) is 30.8 Å².